The lowest BCUT2D eigenvalue weighted by Gasteiger charge is -2.11. The maximum atomic E-state index is 12.4. The fourth-order valence-corrected chi connectivity index (χ4v) is 3.02. The summed E-state index contributed by atoms with van der Waals surface area (Å²) in [5.41, 5.74) is 6.29. The molecule has 0 atom stereocenters. The van der Waals surface area contributed by atoms with Gasteiger partial charge in [-0.3, -0.25) is 4.79 Å². The third kappa shape index (κ3) is 4.29. The van der Waals surface area contributed by atoms with Gasteiger partial charge in [-0.2, -0.15) is 0 Å². The zero-order chi connectivity index (χ0) is 20.4. The van der Waals surface area contributed by atoms with E-state index in [1.165, 1.54) is 0 Å². The minimum atomic E-state index is -0.223. The Balaban J connectivity index is 1.50. The van der Waals surface area contributed by atoms with Crippen molar-refractivity contribution < 1.29 is 13.9 Å². The third-order valence-corrected chi connectivity index (χ3v) is 4.69. The lowest BCUT2D eigenvalue weighted by Crippen LogP contribution is -2.20. The van der Waals surface area contributed by atoms with E-state index in [1.807, 2.05) is 81.4 Å². The molecule has 5 heteroatoms. The number of nitrogens with zero attached hydrogens (tertiary/aromatic N) is 1. The number of benzene rings is 3. The molecule has 0 bridgehead atoms. The highest BCUT2D eigenvalue weighted by atomic mass is 16.5. The van der Waals surface area contributed by atoms with Crippen LogP contribution in [0.5, 0.6) is 5.75 Å². The van der Waals surface area contributed by atoms with E-state index in [1.54, 1.807) is 0 Å². The van der Waals surface area contributed by atoms with E-state index in [9.17, 15) is 4.79 Å². The van der Waals surface area contributed by atoms with Gasteiger partial charge in [-0.25, -0.2) is 4.98 Å². The van der Waals surface area contributed by atoms with Crippen molar-refractivity contribution >= 4 is 22.7 Å². The molecule has 0 spiro atoms. The number of carbonyl (C=O) groups is 1. The van der Waals surface area contributed by atoms with Crippen LogP contribution in [0.2, 0.25) is 0 Å². The molecule has 5 nitrogen and oxygen atoms in total. The number of aromatic nitrogens is 1. The van der Waals surface area contributed by atoms with Gasteiger partial charge in [-0.1, -0.05) is 29.8 Å². The van der Waals surface area contributed by atoms with Crippen LogP contribution in [0, 0.1) is 20.8 Å². The summed E-state index contributed by atoms with van der Waals surface area (Å²) in [5.74, 6) is 0.967. The molecule has 0 aliphatic heterocycles. The Morgan fingerprint density at radius 1 is 0.966 bits per heavy atom. The SMILES string of the molecule is Cc1ccc(OCC(=O)Nc2cc(-c3nc4cc(C)ccc4o3)ccc2C)cc1. The number of carbonyl (C=O) groups excluding carboxylic acids is 1. The number of hydrogen-bond acceptors (Lipinski definition) is 4. The monoisotopic (exact) mass is 386 g/mol. The minimum absolute atomic E-state index is 0.0606. The molecule has 0 fully saturated rings. The summed E-state index contributed by atoms with van der Waals surface area (Å²) in [6.45, 7) is 5.90. The van der Waals surface area contributed by atoms with Crippen LogP contribution in [-0.2, 0) is 4.79 Å². The highest BCUT2D eigenvalue weighted by molar-refractivity contribution is 5.93. The summed E-state index contributed by atoms with van der Waals surface area (Å²) in [7, 11) is 0. The van der Waals surface area contributed by atoms with Crippen LogP contribution in [0.1, 0.15) is 16.7 Å². The van der Waals surface area contributed by atoms with Gasteiger partial charge >= 0.3 is 0 Å². The predicted octanol–water partition coefficient (Wildman–Crippen LogP) is 5.44. The van der Waals surface area contributed by atoms with Crippen LogP contribution in [-0.4, -0.2) is 17.5 Å². The summed E-state index contributed by atoms with van der Waals surface area (Å²) < 4.78 is 11.4. The molecule has 0 saturated heterocycles. The average Bonchev–Trinajstić information content (AvgIpc) is 3.12. The fourth-order valence-electron chi connectivity index (χ4n) is 3.02. The molecule has 1 aromatic heterocycles. The maximum Gasteiger partial charge on any atom is 0.262 e. The number of oxazole rings is 1. The summed E-state index contributed by atoms with van der Waals surface area (Å²) >= 11 is 0. The molecule has 1 heterocycles. The van der Waals surface area contributed by atoms with Gasteiger partial charge in [-0.15, -0.1) is 0 Å². The normalized spacial score (nSPS) is 10.9. The van der Waals surface area contributed by atoms with E-state index in [0.29, 0.717) is 17.3 Å². The van der Waals surface area contributed by atoms with Gasteiger partial charge in [0, 0.05) is 11.3 Å². The molecule has 1 amide bonds. The highest BCUT2D eigenvalue weighted by Gasteiger charge is 2.12. The van der Waals surface area contributed by atoms with Gasteiger partial charge in [0.05, 0.1) is 0 Å². The van der Waals surface area contributed by atoms with E-state index >= 15 is 0 Å². The van der Waals surface area contributed by atoms with Crippen molar-refractivity contribution in [2.75, 3.05) is 11.9 Å². The lowest BCUT2D eigenvalue weighted by molar-refractivity contribution is -0.118. The molecule has 29 heavy (non-hydrogen) atoms. The van der Waals surface area contributed by atoms with Crippen molar-refractivity contribution in [2.24, 2.45) is 0 Å². The topological polar surface area (TPSA) is 64.4 Å². The first-order chi connectivity index (χ1) is 14.0. The number of fused-ring (bicyclic) bond motifs is 1. The number of aryl methyl sites for hydroxylation is 3. The molecule has 146 valence electrons. The van der Waals surface area contributed by atoms with Crippen LogP contribution in [0.3, 0.4) is 0 Å². The quantitative estimate of drug-likeness (QED) is 0.496. The highest BCUT2D eigenvalue weighted by Crippen LogP contribution is 2.28. The molecular weight excluding hydrogens is 364 g/mol. The van der Waals surface area contributed by atoms with Crippen LogP contribution in [0.15, 0.2) is 65.1 Å². The molecule has 1 N–H and O–H groups in total. The largest absolute Gasteiger partial charge is 0.484 e. The Labute approximate surface area is 169 Å². The Kier molecular flexibility index (Phi) is 5.04. The summed E-state index contributed by atoms with van der Waals surface area (Å²) in [6.07, 6.45) is 0. The molecular formula is C24H22N2O3. The van der Waals surface area contributed by atoms with E-state index in [0.717, 1.165) is 33.4 Å². The smallest absolute Gasteiger partial charge is 0.262 e. The number of amides is 1. The molecule has 0 saturated carbocycles. The van der Waals surface area contributed by atoms with Crippen molar-refractivity contribution in [1.82, 2.24) is 4.98 Å². The van der Waals surface area contributed by atoms with E-state index in [2.05, 4.69) is 10.3 Å². The number of hydrogen-bond donors (Lipinski definition) is 1. The van der Waals surface area contributed by atoms with Crippen molar-refractivity contribution in [3.63, 3.8) is 0 Å². The molecule has 0 radical (unpaired) electrons. The summed E-state index contributed by atoms with van der Waals surface area (Å²) in [5, 5.41) is 2.91. The second kappa shape index (κ2) is 7.80. The number of rotatable bonds is 5. The van der Waals surface area contributed by atoms with Gasteiger partial charge in [-0.05, 0) is 68.3 Å². The van der Waals surface area contributed by atoms with E-state index in [-0.39, 0.29) is 12.5 Å². The summed E-state index contributed by atoms with van der Waals surface area (Å²) in [4.78, 5) is 16.9. The fraction of sp³-hybridized carbons (Fsp3) is 0.167. The Bertz CT molecular complexity index is 1180. The Morgan fingerprint density at radius 3 is 2.52 bits per heavy atom. The third-order valence-electron chi connectivity index (χ3n) is 4.69. The standard InChI is InChI=1S/C24H22N2O3/c1-15-4-9-19(10-5-15)28-14-23(27)25-20-13-18(8-7-17(20)3)24-26-21-12-16(2)6-11-22(21)29-24/h4-13H,14H2,1-3H3,(H,25,27). The first-order valence-corrected chi connectivity index (χ1v) is 9.45. The lowest BCUT2D eigenvalue weighted by atomic mass is 10.1. The van der Waals surface area contributed by atoms with Gasteiger partial charge in [0.15, 0.2) is 12.2 Å². The van der Waals surface area contributed by atoms with Gasteiger partial charge in [0.2, 0.25) is 5.89 Å². The second-order valence-electron chi connectivity index (χ2n) is 7.17. The predicted molar refractivity (Wildman–Crippen MR) is 114 cm³/mol. The molecule has 0 aliphatic carbocycles. The van der Waals surface area contributed by atoms with Gasteiger partial charge in [0.1, 0.15) is 11.3 Å². The Morgan fingerprint density at radius 2 is 1.72 bits per heavy atom. The Hall–Kier alpha value is -3.60. The van der Waals surface area contributed by atoms with Gasteiger partial charge < -0.3 is 14.5 Å². The van der Waals surface area contributed by atoms with Crippen molar-refractivity contribution in [3.8, 4) is 17.2 Å². The van der Waals surface area contributed by atoms with Gasteiger partial charge in [0.25, 0.3) is 5.91 Å². The van der Waals surface area contributed by atoms with Crippen LogP contribution >= 0.6 is 0 Å². The zero-order valence-corrected chi connectivity index (χ0v) is 16.7. The maximum absolute atomic E-state index is 12.4. The number of ether oxygens (including phenoxy) is 1. The van der Waals surface area contributed by atoms with E-state index < -0.39 is 0 Å². The summed E-state index contributed by atoms with van der Waals surface area (Å²) in [6, 6.07) is 19.2. The molecule has 4 aromatic rings. The van der Waals surface area contributed by atoms with Crippen LogP contribution in [0.4, 0.5) is 5.69 Å². The van der Waals surface area contributed by atoms with Crippen molar-refractivity contribution in [2.45, 2.75) is 20.8 Å². The van der Waals surface area contributed by atoms with Crippen LogP contribution < -0.4 is 10.1 Å². The molecule has 0 unspecified atom stereocenters. The molecule has 3 aromatic carbocycles. The molecule has 0 aliphatic rings. The van der Waals surface area contributed by atoms with Crippen molar-refractivity contribution in [3.05, 3.63) is 77.4 Å². The number of anilines is 1. The average molecular weight is 386 g/mol. The van der Waals surface area contributed by atoms with E-state index in [4.69, 9.17) is 9.15 Å². The first kappa shape index (κ1) is 18.7. The zero-order valence-electron chi connectivity index (χ0n) is 16.7. The minimum Gasteiger partial charge on any atom is -0.484 e. The van der Waals surface area contributed by atoms with Crippen molar-refractivity contribution in [1.29, 1.82) is 0 Å². The molecule has 4 rings (SSSR count). The first-order valence-electron chi connectivity index (χ1n) is 9.45. The number of nitrogens with one attached hydrogen (secondary N) is 1. The second-order valence-corrected chi connectivity index (χ2v) is 7.17. The van der Waals surface area contributed by atoms with Crippen LogP contribution in [0.25, 0.3) is 22.6 Å².